The largest absolute Gasteiger partial charge is 0.434 e. The molecule has 0 radical (unpaired) electrons. The van der Waals surface area contributed by atoms with Crippen molar-refractivity contribution in [3.63, 3.8) is 0 Å². The van der Waals surface area contributed by atoms with Crippen molar-refractivity contribution in [1.29, 1.82) is 0 Å². The lowest BCUT2D eigenvalue weighted by Crippen LogP contribution is -2.37. The minimum atomic E-state index is -2.84. The second-order valence-corrected chi connectivity index (χ2v) is 5.25. The van der Waals surface area contributed by atoms with Crippen LogP contribution in [-0.4, -0.2) is 26.2 Å². The molecule has 0 aromatic heterocycles. The molecule has 0 unspecified atom stereocenters. The van der Waals surface area contributed by atoms with Crippen LogP contribution in [0.5, 0.6) is 5.75 Å². The van der Waals surface area contributed by atoms with Gasteiger partial charge in [0.2, 0.25) is 0 Å². The van der Waals surface area contributed by atoms with E-state index in [-0.39, 0.29) is 5.75 Å². The molecule has 2 N–H and O–H groups in total. The number of ether oxygens (including phenoxy) is 1. The molecule has 0 fully saturated rings. The number of alkyl halides is 2. The number of nitrogens with zero attached hydrogens (tertiary/aromatic N) is 1. The molecule has 7 heteroatoms. The molecule has 1 rings (SSSR count). The van der Waals surface area contributed by atoms with Gasteiger partial charge in [-0.2, -0.15) is 8.78 Å². The maximum absolute atomic E-state index is 12.4. The van der Waals surface area contributed by atoms with Gasteiger partial charge >= 0.3 is 6.61 Å². The van der Waals surface area contributed by atoms with Crippen LogP contribution >= 0.6 is 15.9 Å². The summed E-state index contributed by atoms with van der Waals surface area (Å²) in [5.74, 6) is 0.788. The number of benzene rings is 1. The SMILES string of the molecule is CCCCNC(=NC)NCc1cc(Br)ccc1OC(F)F. The molecular weight excluding hydrogens is 344 g/mol. The summed E-state index contributed by atoms with van der Waals surface area (Å²) in [4.78, 5) is 4.08. The zero-order chi connectivity index (χ0) is 15.7. The van der Waals surface area contributed by atoms with Crippen LogP contribution in [0.25, 0.3) is 0 Å². The monoisotopic (exact) mass is 363 g/mol. The Labute approximate surface area is 132 Å². The van der Waals surface area contributed by atoms with Crippen LogP contribution in [0.1, 0.15) is 25.3 Å². The van der Waals surface area contributed by atoms with Gasteiger partial charge in [0.15, 0.2) is 5.96 Å². The minimum Gasteiger partial charge on any atom is -0.434 e. The topological polar surface area (TPSA) is 45.7 Å². The van der Waals surface area contributed by atoms with Gasteiger partial charge in [0, 0.05) is 30.2 Å². The lowest BCUT2D eigenvalue weighted by molar-refractivity contribution is -0.0504. The Morgan fingerprint density at radius 3 is 2.76 bits per heavy atom. The minimum absolute atomic E-state index is 0.157. The van der Waals surface area contributed by atoms with Crippen molar-refractivity contribution in [1.82, 2.24) is 10.6 Å². The van der Waals surface area contributed by atoms with Crippen LogP contribution in [0.15, 0.2) is 27.7 Å². The summed E-state index contributed by atoms with van der Waals surface area (Å²) in [5.41, 5.74) is 0.628. The number of nitrogens with one attached hydrogen (secondary N) is 2. The molecule has 0 heterocycles. The first kappa shape index (κ1) is 17.7. The number of unbranched alkanes of at least 4 members (excludes halogenated alkanes) is 1. The third-order valence-electron chi connectivity index (χ3n) is 2.73. The number of guanidine groups is 1. The molecule has 0 aliphatic heterocycles. The van der Waals surface area contributed by atoms with Gasteiger partial charge in [0.05, 0.1) is 0 Å². The summed E-state index contributed by atoms with van der Waals surface area (Å²) in [6.45, 7) is 0.419. The highest BCUT2D eigenvalue weighted by atomic mass is 79.9. The molecule has 0 saturated heterocycles. The highest BCUT2D eigenvalue weighted by Gasteiger charge is 2.10. The average Bonchev–Trinajstić information content (AvgIpc) is 2.44. The first-order chi connectivity index (χ1) is 10.1. The van der Waals surface area contributed by atoms with Gasteiger partial charge in [-0.1, -0.05) is 29.3 Å². The third-order valence-corrected chi connectivity index (χ3v) is 3.22. The second kappa shape index (κ2) is 9.55. The third kappa shape index (κ3) is 6.75. The van der Waals surface area contributed by atoms with E-state index in [1.54, 1.807) is 19.2 Å². The number of hydrogen-bond donors (Lipinski definition) is 2. The zero-order valence-corrected chi connectivity index (χ0v) is 13.7. The maximum Gasteiger partial charge on any atom is 0.387 e. The van der Waals surface area contributed by atoms with E-state index in [1.165, 1.54) is 6.07 Å². The molecule has 0 amide bonds. The molecule has 0 aliphatic carbocycles. The van der Waals surface area contributed by atoms with Gasteiger partial charge in [0.25, 0.3) is 0 Å². The van der Waals surface area contributed by atoms with Gasteiger partial charge in [-0.05, 0) is 24.6 Å². The smallest absolute Gasteiger partial charge is 0.387 e. The molecule has 0 atom stereocenters. The molecular formula is C14H20BrF2N3O. The van der Waals surface area contributed by atoms with Crippen LogP contribution in [-0.2, 0) is 6.54 Å². The number of halogens is 3. The molecule has 1 aromatic carbocycles. The van der Waals surface area contributed by atoms with Crippen molar-refractivity contribution in [2.45, 2.75) is 32.9 Å². The Morgan fingerprint density at radius 1 is 1.38 bits per heavy atom. The van der Waals surface area contributed by atoms with E-state index in [0.29, 0.717) is 18.1 Å². The van der Waals surface area contributed by atoms with Crippen LogP contribution in [0, 0.1) is 0 Å². The summed E-state index contributed by atoms with van der Waals surface area (Å²) < 4.78 is 30.1. The van der Waals surface area contributed by atoms with Crippen molar-refractivity contribution in [3.05, 3.63) is 28.2 Å². The van der Waals surface area contributed by atoms with Crippen molar-refractivity contribution in [3.8, 4) is 5.75 Å². The fraction of sp³-hybridized carbons (Fsp3) is 0.500. The Kier molecular flexibility index (Phi) is 8.04. The van der Waals surface area contributed by atoms with Crippen LogP contribution in [0.2, 0.25) is 0 Å². The van der Waals surface area contributed by atoms with Crippen LogP contribution < -0.4 is 15.4 Å². The number of hydrogen-bond acceptors (Lipinski definition) is 2. The van der Waals surface area contributed by atoms with E-state index in [0.717, 1.165) is 23.9 Å². The highest BCUT2D eigenvalue weighted by Crippen LogP contribution is 2.24. The van der Waals surface area contributed by atoms with Gasteiger partial charge in [0.1, 0.15) is 5.75 Å². The predicted octanol–water partition coefficient (Wildman–Crippen LogP) is 3.52. The first-order valence-corrected chi connectivity index (χ1v) is 7.53. The summed E-state index contributed by atoms with van der Waals surface area (Å²) >= 11 is 3.32. The lowest BCUT2D eigenvalue weighted by Gasteiger charge is -2.14. The summed E-state index contributed by atoms with van der Waals surface area (Å²) in [6.07, 6.45) is 2.12. The summed E-state index contributed by atoms with van der Waals surface area (Å²) in [6, 6.07) is 4.92. The molecule has 118 valence electrons. The molecule has 1 aromatic rings. The standard InChI is InChI=1S/C14H20BrF2N3O/c1-3-4-7-19-14(18-2)20-9-10-8-11(15)5-6-12(10)21-13(16)17/h5-6,8,13H,3-4,7,9H2,1-2H3,(H2,18,19,20). The zero-order valence-electron chi connectivity index (χ0n) is 12.1. The lowest BCUT2D eigenvalue weighted by atomic mass is 10.2. The van der Waals surface area contributed by atoms with Crippen molar-refractivity contribution >= 4 is 21.9 Å². The molecule has 0 spiro atoms. The normalized spacial score (nSPS) is 11.6. The molecule has 21 heavy (non-hydrogen) atoms. The molecule has 0 bridgehead atoms. The first-order valence-electron chi connectivity index (χ1n) is 6.74. The Morgan fingerprint density at radius 2 is 2.14 bits per heavy atom. The fourth-order valence-electron chi connectivity index (χ4n) is 1.68. The Bertz CT molecular complexity index is 470. The van der Waals surface area contributed by atoms with E-state index >= 15 is 0 Å². The number of aliphatic imine (C=N–C) groups is 1. The second-order valence-electron chi connectivity index (χ2n) is 4.34. The van der Waals surface area contributed by atoms with Crippen LogP contribution in [0.3, 0.4) is 0 Å². The van der Waals surface area contributed by atoms with E-state index in [1.807, 2.05) is 0 Å². The van der Waals surface area contributed by atoms with Gasteiger partial charge in [-0.3, -0.25) is 4.99 Å². The quantitative estimate of drug-likeness (QED) is 0.442. The Hall–Kier alpha value is -1.37. The van der Waals surface area contributed by atoms with E-state index < -0.39 is 6.61 Å². The predicted molar refractivity (Wildman–Crippen MR) is 83.9 cm³/mol. The van der Waals surface area contributed by atoms with Gasteiger partial charge in [-0.25, -0.2) is 0 Å². The van der Waals surface area contributed by atoms with E-state index in [4.69, 9.17) is 0 Å². The molecule has 4 nitrogen and oxygen atoms in total. The molecule has 0 aliphatic rings. The fourth-order valence-corrected chi connectivity index (χ4v) is 2.09. The van der Waals surface area contributed by atoms with Crippen molar-refractivity contribution in [2.75, 3.05) is 13.6 Å². The number of rotatable bonds is 7. The highest BCUT2D eigenvalue weighted by molar-refractivity contribution is 9.10. The molecule has 0 saturated carbocycles. The van der Waals surface area contributed by atoms with Crippen molar-refractivity contribution in [2.24, 2.45) is 4.99 Å². The van der Waals surface area contributed by atoms with E-state index in [9.17, 15) is 8.78 Å². The van der Waals surface area contributed by atoms with Gasteiger partial charge in [-0.15, -0.1) is 0 Å². The maximum atomic E-state index is 12.4. The van der Waals surface area contributed by atoms with Crippen molar-refractivity contribution < 1.29 is 13.5 Å². The Balaban J connectivity index is 2.66. The van der Waals surface area contributed by atoms with E-state index in [2.05, 4.69) is 43.2 Å². The summed E-state index contributed by atoms with van der Waals surface area (Å²) in [5, 5.41) is 6.23. The summed E-state index contributed by atoms with van der Waals surface area (Å²) in [7, 11) is 1.67. The average molecular weight is 364 g/mol. The van der Waals surface area contributed by atoms with Gasteiger partial charge < -0.3 is 15.4 Å². The van der Waals surface area contributed by atoms with Crippen LogP contribution in [0.4, 0.5) is 8.78 Å².